The van der Waals surface area contributed by atoms with E-state index in [-0.39, 0.29) is 5.91 Å². The van der Waals surface area contributed by atoms with Crippen LogP contribution in [0.3, 0.4) is 0 Å². The van der Waals surface area contributed by atoms with Crippen molar-refractivity contribution in [1.82, 2.24) is 5.32 Å². The third kappa shape index (κ3) is 7.39. The molecule has 1 fully saturated rings. The van der Waals surface area contributed by atoms with E-state index in [4.69, 9.17) is 0 Å². The molecule has 1 N–H and O–H groups in total. The largest absolute Gasteiger partial charge is 0.330 e. The second-order valence-corrected chi connectivity index (χ2v) is 5.80. The van der Waals surface area contributed by atoms with Gasteiger partial charge in [-0.2, -0.15) is 0 Å². The lowest BCUT2D eigenvalue weighted by Gasteiger charge is -2.20. The van der Waals surface area contributed by atoms with Crippen molar-refractivity contribution in [3.8, 4) is 0 Å². The molecular weight excluding hydrogens is 234 g/mol. The second kappa shape index (κ2) is 10.1. The topological polar surface area (TPSA) is 29.1 Å². The number of hydrogen-bond acceptors (Lipinski definition) is 1. The van der Waals surface area contributed by atoms with Crippen LogP contribution in [0.15, 0.2) is 11.8 Å². The summed E-state index contributed by atoms with van der Waals surface area (Å²) < 4.78 is 0. The van der Waals surface area contributed by atoms with Crippen molar-refractivity contribution < 1.29 is 4.79 Å². The molecule has 1 rings (SSSR count). The van der Waals surface area contributed by atoms with Crippen LogP contribution < -0.4 is 5.32 Å². The Morgan fingerprint density at radius 2 is 1.84 bits per heavy atom. The molecule has 0 unspecified atom stereocenters. The van der Waals surface area contributed by atoms with Gasteiger partial charge in [0.25, 0.3) is 0 Å². The highest BCUT2D eigenvalue weighted by Gasteiger charge is 2.12. The quantitative estimate of drug-likeness (QED) is 0.618. The van der Waals surface area contributed by atoms with Crippen molar-refractivity contribution in [2.45, 2.75) is 84.5 Å². The molecule has 1 aliphatic rings. The van der Waals surface area contributed by atoms with Gasteiger partial charge in [-0.1, -0.05) is 58.4 Å². The Kier molecular flexibility index (Phi) is 8.61. The Labute approximate surface area is 119 Å². The van der Waals surface area contributed by atoms with Crippen LogP contribution in [0.1, 0.15) is 84.5 Å². The minimum absolute atomic E-state index is 0.164. The fourth-order valence-electron chi connectivity index (χ4n) is 2.78. The summed E-state index contributed by atoms with van der Waals surface area (Å²) in [6.45, 7) is 4.16. The Hall–Kier alpha value is -0.790. The van der Waals surface area contributed by atoms with Gasteiger partial charge in [-0.05, 0) is 31.6 Å². The van der Waals surface area contributed by atoms with Gasteiger partial charge in [-0.25, -0.2) is 0 Å². The monoisotopic (exact) mass is 265 g/mol. The van der Waals surface area contributed by atoms with Gasteiger partial charge in [0.1, 0.15) is 0 Å². The molecule has 1 amide bonds. The number of hydrogen-bond donors (Lipinski definition) is 1. The molecule has 0 bridgehead atoms. The highest BCUT2D eigenvalue weighted by molar-refractivity contribution is 5.77. The lowest BCUT2D eigenvalue weighted by molar-refractivity contribution is -0.120. The zero-order valence-corrected chi connectivity index (χ0v) is 12.8. The fourth-order valence-corrected chi connectivity index (χ4v) is 2.78. The van der Waals surface area contributed by atoms with Gasteiger partial charge in [-0.15, -0.1) is 0 Å². The first-order valence-corrected chi connectivity index (χ1v) is 8.26. The van der Waals surface area contributed by atoms with Crippen molar-refractivity contribution >= 4 is 5.91 Å². The average Bonchev–Trinajstić information content (AvgIpc) is 2.44. The lowest BCUT2D eigenvalue weighted by atomic mass is 9.88. The first kappa shape index (κ1) is 16.3. The first-order chi connectivity index (χ1) is 9.26. The number of unbranched alkanes of at least 4 members (excludes halogenated alkanes) is 3. The van der Waals surface area contributed by atoms with E-state index >= 15 is 0 Å². The van der Waals surface area contributed by atoms with Crippen LogP contribution >= 0.6 is 0 Å². The van der Waals surface area contributed by atoms with E-state index in [1.165, 1.54) is 63.5 Å². The summed E-state index contributed by atoms with van der Waals surface area (Å²) >= 11 is 0. The molecule has 1 saturated carbocycles. The number of rotatable bonds is 8. The maximum absolute atomic E-state index is 11.6. The van der Waals surface area contributed by atoms with E-state index < -0.39 is 0 Å². The molecule has 0 atom stereocenters. The van der Waals surface area contributed by atoms with E-state index in [0.29, 0.717) is 12.3 Å². The van der Waals surface area contributed by atoms with Gasteiger partial charge in [-0.3, -0.25) is 4.79 Å². The van der Waals surface area contributed by atoms with Crippen LogP contribution in [0, 0.1) is 5.92 Å². The molecule has 0 radical (unpaired) electrons. The third-order valence-electron chi connectivity index (χ3n) is 4.01. The minimum Gasteiger partial charge on any atom is -0.330 e. The standard InChI is InChI=1S/C17H31NO/c1-3-5-6-10-13-16(18-17(19)4-2)14-15-11-8-7-9-12-15/h14-15H,3-13H2,1-2H3,(H,18,19). The maximum Gasteiger partial charge on any atom is 0.223 e. The second-order valence-electron chi connectivity index (χ2n) is 5.80. The van der Waals surface area contributed by atoms with Crippen molar-refractivity contribution in [1.29, 1.82) is 0 Å². The fraction of sp³-hybridized carbons (Fsp3) is 0.824. The number of carbonyl (C=O) groups excluding carboxylic acids is 1. The molecule has 0 aromatic rings. The molecule has 0 aliphatic heterocycles. The van der Waals surface area contributed by atoms with E-state index in [1.807, 2.05) is 6.92 Å². The van der Waals surface area contributed by atoms with E-state index in [2.05, 4.69) is 18.3 Å². The van der Waals surface area contributed by atoms with Crippen LogP contribution in [0.2, 0.25) is 0 Å². The molecule has 19 heavy (non-hydrogen) atoms. The molecule has 110 valence electrons. The highest BCUT2D eigenvalue weighted by atomic mass is 16.1. The molecule has 2 heteroatoms. The number of carbonyl (C=O) groups is 1. The number of nitrogens with one attached hydrogen (secondary N) is 1. The van der Waals surface area contributed by atoms with Crippen molar-refractivity contribution in [2.75, 3.05) is 0 Å². The zero-order valence-electron chi connectivity index (χ0n) is 12.8. The van der Waals surface area contributed by atoms with Gasteiger partial charge in [0.15, 0.2) is 0 Å². The Bertz CT molecular complexity index is 277. The van der Waals surface area contributed by atoms with Gasteiger partial charge >= 0.3 is 0 Å². The molecule has 0 aromatic carbocycles. The molecule has 0 saturated heterocycles. The zero-order chi connectivity index (χ0) is 13.9. The predicted molar refractivity (Wildman–Crippen MR) is 81.9 cm³/mol. The number of amides is 1. The Balaban J connectivity index is 2.46. The minimum atomic E-state index is 0.164. The van der Waals surface area contributed by atoms with Crippen LogP contribution in [-0.2, 0) is 4.79 Å². The van der Waals surface area contributed by atoms with Crippen molar-refractivity contribution in [2.24, 2.45) is 5.92 Å². The Morgan fingerprint density at radius 1 is 1.11 bits per heavy atom. The molecule has 0 heterocycles. The summed E-state index contributed by atoms with van der Waals surface area (Å²) in [5, 5.41) is 3.11. The maximum atomic E-state index is 11.6. The molecule has 2 nitrogen and oxygen atoms in total. The SMILES string of the molecule is CCCCCCC(=CC1CCCCC1)NC(=O)CC. The van der Waals surface area contributed by atoms with Crippen LogP contribution in [-0.4, -0.2) is 5.91 Å². The lowest BCUT2D eigenvalue weighted by Crippen LogP contribution is -2.22. The summed E-state index contributed by atoms with van der Waals surface area (Å²) in [5.74, 6) is 0.865. The Morgan fingerprint density at radius 3 is 2.47 bits per heavy atom. The van der Waals surface area contributed by atoms with Gasteiger partial charge in [0.05, 0.1) is 0 Å². The van der Waals surface area contributed by atoms with Crippen LogP contribution in [0.25, 0.3) is 0 Å². The summed E-state index contributed by atoms with van der Waals surface area (Å²) in [7, 11) is 0. The normalized spacial score (nSPS) is 17.5. The molecule has 0 aromatic heterocycles. The molecular formula is C17H31NO. The first-order valence-electron chi connectivity index (χ1n) is 8.26. The van der Waals surface area contributed by atoms with Gasteiger partial charge in [0, 0.05) is 12.1 Å². The van der Waals surface area contributed by atoms with Crippen LogP contribution in [0.4, 0.5) is 0 Å². The van der Waals surface area contributed by atoms with Crippen molar-refractivity contribution in [3.05, 3.63) is 11.8 Å². The molecule has 0 spiro atoms. The summed E-state index contributed by atoms with van der Waals surface area (Å²) in [4.78, 5) is 11.6. The highest BCUT2D eigenvalue weighted by Crippen LogP contribution is 2.26. The van der Waals surface area contributed by atoms with Gasteiger partial charge < -0.3 is 5.32 Å². The van der Waals surface area contributed by atoms with E-state index in [0.717, 1.165) is 6.42 Å². The van der Waals surface area contributed by atoms with Crippen LogP contribution in [0.5, 0.6) is 0 Å². The number of allylic oxidation sites excluding steroid dienone is 2. The van der Waals surface area contributed by atoms with Gasteiger partial charge in [0.2, 0.25) is 5.91 Å². The average molecular weight is 265 g/mol. The van der Waals surface area contributed by atoms with Crippen molar-refractivity contribution in [3.63, 3.8) is 0 Å². The summed E-state index contributed by atoms with van der Waals surface area (Å²) in [5.41, 5.74) is 1.19. The third-order valence-corrected chi connectivity index (χ3v) is 4.01. The molecule has 1 aliphatic carbocycles. The van der Waals surface area contributed by atoms with E-state index in [1.54, 1.807) is 0 Å². The van der Waals surface area contributed by atoms with E-state index in [9.17, 15) is 4.79 Å². The summed E-state index contributed by atoms with van der Waals surface area (Å²) in [6, 6.07) is 0. The smallest absolute Gasteiger partial charge is 0.223 e. The summed E-state index contributed by atoms with van der Waals surface area (Å²) in [6.07, 6.45) is 15.7. The predicted octanol–water partition coefficient (Wildman–Crippen LogP) is 4.95.